The molecule has 1 N–H and O–H groups in total. The number of rotatable bonds is 4. The molecule has 0 radical (unpaired) electrons. The van der Waals surface area contributed by atoms with Gasteiger partial charge in [0.2, 0.25) is 0 Å². The highest BCUT2D eigenvalue weighted by Crippen LogP contribution is 2.29. The van der Waals surface area contributed by atoms with Gasteiger partial charge >= 0.3 is 0 Å². The summed E-state index contributed by atoms with van der Waals surface area (Å²) < 4.78 is 6.98. The molecule has 1 aromatic carbocycles. The summed E-state index contributed by atoms with van der Waals surface area (Å²) in [7, 11) is 0. The van der Waals surface area contributed by atoms with Gasteiger partial charge in [-0.05, 0) is 40.9 Å². The number of hydrogen-bond acceptors (Lipinski definition) is 5. The van der Waals surface area contributed by atoms with Crippen molar-refractivity contribution in [1.29, 1.82) is 0 Å². The maximum Gasteiger partial charge on any atom is 0.182 e. The molecule has 0 spiro atoms. The van der Waals surface area contributed by atoms with Crippen molar-refractivity contribution in [3.05, 3.63) is 41.4 Å². The van der Waals surface area contributed by atoms with Gasteiger partial charge in [0.15, 0.2) is 11.5 Å². The van der Waals surface area contributed by atoms with Crippen molar-refractivity contribution in [1.82, 2.24) is 19.9 Å². The quantitative estimate of drug-likeness (QED) is 0.760. The van der Waals surface area contributed by atoms with Crippen molar-refractivity contribution in [3.63, 3.8) is 0 Å². The smallest absolute Gasteiger partial charge is 0.182 e. The van der Waals surface area contributed by atoms with E-state index >= 15 is 0 Å². The van der Waals surface area contributed by atoms with Gasteiger partial charge < -0.3 is 14.6 Å². The molecule has 0 bridgehead atoms. The van der Waals surface area contributed by atoms with Gasteiger partial charge in [0.1, 0.15) is 24.2 Å². The Morgan fingerprint density at radius 3 is 3.09 bits per heavy atom. The van der Waals surface area contributed by atoms with Crippen LogP contribution >= 0.6 is 15.9 Å². The van der Waals surface area contributed by atoms with Gasteiger partial charge in [-0.2, -0.15) is 0 Å². The van der Waals surface area contributed by atoms with E-state index in [1.165, 1.54) is 0 Å². The van der Waals surface area contributed by atoms with Crippen LogP contribution in [0, 0.1) is 0 Å². The second-order valence-corrected chi connectivity index (χ2v) is 6.38. The first-order chi connectivity index (χ1) is 11.3. The molecule has 7 heteroatoms. The van der Waals surface area contributed by atoms with Crippen molar-refractivity contribution in [2.45, 2.75) is 18.9 Å². The lowest BCUT2D eigenvalue weighted by molar-refractivity contribution is 0.286. The monoisotopic (exact) mass is 373 g/mol. The van der Waals surface area contributed by atoms with Crippen molar-refractivity contribution in [2.75, 3.05) is 18.1 Å². The molecule has 3 heterocycles. The summed E-state index contributed by atoms with van der Waals surface area (Å²) in [5.74, 6) is 1.78. The summed E-state index contributed by atoms with van der Waals surface area (Å²) >= 11 is 3.52. The SMILES string of the molecule is Brc1ccccc1OCC1CCCN1c1ncnc2nc[nH]c12. The molecular weight excluding hydrogens is 358 g/mol. The predicted molar refractivity (Wildman–Crippen MR) is 91.7 cm³/mol. The van der Waals surface area contributed by atoms with E-state index in [9.17, 15) is 0 Å². The Balaban J connectivity index is 1.55. The molecule has 1 fully saturated rings. The van der Waals surface area contributed by atoms with E-state index in [2.05, 4.69) is 40.8 Å². The number of nitrogens with one attached hydrogen (secondary N) is 1. The first-order valence-corrected chi connectivity index (χ1v) is 8.40. The summed E-state index contributed by atoms with van der Waals surface area (Å²) in [5, 5.41) is 0. The molecule has 118 valence electrons. The van der Waals surface area contributed by atoms with Crippen LogP contribution in [0.25, 0.3) is 11.2 Å². The van der Waals surface area contributed by atoms with Gasteiger partial charge in [0.05, 0.1) is 16.8 Å². The molecule has 1 aliphatic heterocycles. The number of nitrogens with zero attached hydrogens (tertiary/aromatic N) is 4. The topological polar surface area (TPSA) is 66.9 Å². The molecule has 6 nitrogen and oxygen atoms in total. The maximum atomic E-state index is 6.01. The zero-order chi connectivity index (χ0) is 15.6. The first-order valence-electron chi connectivity index (χ1n) is 7.61. The van der Waals surface area contributed by atoms with Crippen LogP contribution in [0.1, 0.15) is 12.8 Å². The number of fused-ring (bicyclic) bond motifs is 1. The second-order valence-electron chi connectivity index (χ2n) is 5.53. The van der Waals surface area contributed by atoms with Crippen molar-refractivity contribution < 1.29 is 4.74 Å². The summed E-state index contributed by atoms with van der Waals surface area (Å²) in [6.45, 7) is 1.59. The number of hydrogen-bond donors (Lipinski definition) is 1. The van der Waals surface area contributed by atoms with E-state index in [0.717, 1.165) is 40.9 Å². The van der Waals surface area contributed by atoms with Crippen molar-refractivity contribution in [2.24, 2.45) is 0 Å². The lowest BCUT2D eigenvalue weighted by atomic mass is 10.2. The Kier molecular flexibility index (Phi) is 3.87. The van der Waals surface area contributed by atoms with Gasteiger partial charge in [-0.1, -0.05) is 12.1 Å². The molecule has 3 aromatic rings. The normalized spacial score (nSPS) is 17.8. The molecular formula is C16H16BrN5O. The van der Waals surface area contributed by atoms with Crippen LogP contribution in [0.3, 0.4) is 0 Å². The van der Waals surface area contributed by atoms with E-state index < -0.39 is 0 Å². The molecule has 0 aliphatic carbocycles. The minimum Gasteiger partial charge on any atom is -0.490 e. The van der Waals surface area contributed by atoms with Crippen LogP contribution in [-0.2, 0) is 0 Å². The number of aromatic amines is 1. The molecule has 2 aromatic heterocycles. The highest BCUT2D eigenvalue weighted by Gasteiger charge is 2.28. The third-order valence-electron chi connectivity index (χ3n) is 4.12. The van der Waals surface area contributed by atoms with E-state index in [1.54, 1.807) is 12.7 Å². The van der Waals surface area contributed by atoms with Crippen molar-refractivity contribution in [3.8, 4) is 5.75 Å². The zero-order valence-electron chi connectivity index (χ0n) is 12.4. The number of ether oxygens (including phenoxy) is 1. The Labute approximate surface area is 142 Å². The number of aromatic nitrogens is 4. The highest BCUT2D eigenvalue weighted by atomic mass is 79.9. The van der Waals surface area contributed by atoms with Gasteiger partial charge in [0.25, 0.3) is 0 Å². The molecule has 4 rings (SSSR count). The maximum absolute atomic E-state index is 6.01. The van der Waals surface area contributed by atoms with E-state index in [-0.39, 0.29) is 0 Å². The van der Waals surface area contributed by atoms with Gasteiger partial charge in [0, 0.05) is 6.54 Å². The van der Waals surface area contributed by atoms with Crippen LogP contribution in [0.15, 0.2) is 41.4 Å². The molecule has 1 aliphatic rings. The molecule has 1 unspecified atom stereocenters. The van der Waals surface area contributed by atoms with Crippen LogP contribution < -0.4 is 9.64 Å². The van der Waals surface area contributed by atoms with Crippen LogP contribution in [0.5, 0.6) is 5.75 Å². The summed E-state index contributed by atoms with van der Waals surface area (Å²) in [4.78, 5) is 18.3. The summed E-state index contributed by atoms with van der Waals surface area (Å²) in [5.41, 5.74) is 1.59. The third kappa shape index (κ3) is 2.76. The van der Waals surface area contributed by atoms with Crippen LogP contribution in [0.4, 0.5) is 5.82 Å². The molecule has 0 saturated carbocycles. The lowest BCUT2D eigenvalue weighted by Gasteiger charge is -2.26. The fourth-order valence-electron chi connectivity index (χ4n) is 3.01. The fraction of sp³-hybridized carbons (Fsp3) is 0.312. The average Bonchev–Trinajstić information content (AvgIpc) is 3.22. The number of para-hydroxylation sites is 1. The van der Waals surface area contributed by atoms with E-state index in [4.69, 9.17) is 4.74 Å². The molecule has 1 saturated heterocycles. The third-order valence-corrected chi connectivity index (χ3v) is 4.78. The van der Waals surface area contributed by atoms with E-state index in [0.29, 0.717) is 18.3 Å². The number of anilines is 1. The number of benzene rings is 1. The lowest BCUT2D eigenvalue weighted by Crippen LogP contribution is -2.35. The largest absolute Gasteiger partial charge is 0.490 e. The molecule has 1 atom stereocenters. The second kappa shape index (κ2) is 6.16. The molecule has 23 heavy (non-hydrogen) atoms. The fourth-order valence-corrected chi connectivity index (χ4v) is 3.40. The first kappa shape index (κ1) is 14.4. The highest BCUT2D eigenvalue weighted by molar-refractivity contribution is 9.10. The van der Waals surface area contributed by atoms with Gasteiger partial charge in [-0.25, -0.2) is 15.0 Å². The zero-order valence-corrected chi connectivity index (χ0v) is 14.0. The van der Waals surface area contributed by atoms with E-state index in [1.807, 2.05) is 24.3 Å². The number of halogens is 1. The Bertz CT molecular complexity index is 821. The van der Waals surface area contributed by atoms with Crippen molar-refractivity contribution >= 4 is 32.9 Å². The Hall–Kier alpha value is -2.15. The minimum absolute atomic E-state index is 0.295. The van der Waals surface area contributed by atoms with Crippen LogP contribution in [0.2, 0.25) is 0 Å². The predicted octanol–water partition coefficient (Wildman–Crippen LogP) is 3.16. The van der Waals surface area contributed by atoms with Gasteiger partial charge in [-0.3, -0.25) is 0 Å². The number of H-pyrrole nitrogens is 1. The molecule has 0 amide bonds. The number of imidazole rings is 1. The summed E-state index contributed by atoms with van der Waals surface area (Å²) in [6, 6.07) is 8.21. The van der Waals surface area contributed by atoms with Gasteiger partial charge in [-0.15, -0.1) is 0 Å². The minimum atomic E-state index is 0.295. The Morgan fingerprint density at radius 2 is 2.17 bits per heavy atom. The summed E-state index contributed by atoms with van der Waals surface area (Å²) in [6.07, 6.45) is 5.45. The van der Waals surface area contributed by atoms with Crippen LogP contribution in [-0.4, -0.2) is 39.1 Å². The standard InChI is InChI=1S/C16H16BrN5O/c17-12-5-1-2-6-13(12)23-8-11-4-3-7-22(11)16-14-15(19-9-18-14)20-10-21-16/h1-2,5-6,9-11H,3-4,7-8H2,(H,18,19,20,21). The average molecular weight is 374 g/mol. The Morgan fingerprint density at radius 1 is 1.26 bits per heavy atom.